The van der Waals surface area contributed by atoms with Crippen LogP contribution < -0.4 is 14.4 Å². The number of carbonyl (C=O) groups is 1. The smallest absolute Gasteiger partial charge is 0.247 e. The predicted molar refractivity (Wildman–Crippen MR) is 98.6 cm³/mol. The Hall–Kier alpha value is -1.74. The first-order valence-corrected chi connectivity index (χ1v) is 10.6. The fraction of sp³-hybridized carbons (Fsp3) is 0.500. The van der Waals surface area contributed by atoms with Crippen LogP contribution in [0.15, 0.2) is 23.2 Å². The summed E-state index contributed by atoms with van der Waals surface area (Å²) in [5.41, 5.74) is 0.683. The Morgan fingerprint density at radius 3 is 2.72 bits per heavy atom. The van der Waals surface area contributed by atoms with Crippen molar-refractivity contribution in [2.75, 3.05) is 30.6 Å². The Bertz CT molecular complexity index is 822. The van der Waals surface area contributed by atoms with Gasteiger partial charge in [-0.05, 0) is 12.1 Å². The Kier molecular flexibility index (Phi) is 4.97. The monoisotopic (exact) mass is 384 g/mol. The number of ether oxygens (including phenoxy) is 2. The summed E-state index contributed by atoms with van der Waals surface area (Å²) in [6, 6.07) is 5.05. The highest BCUT2D eigenvalue weighted by Crippen LogP contribution is 2.44. The minimum atomic E-state index is -3.10. The second kappa shape index (κ2) is 6.87. The lowest BCUT2D eigenvalue weighted by Gasteiger charge is -2.26. The minimum Gasteiger partial charge on any atom is -0.497 e. The molecule has 7 nitrogen and oxygen atoms in total. The van der Waals surface area contributed by atoms with Gasteiger partial charge in [0.05, 0.1) is 37.5 Å². The van der Waals surface area contributed by atoms with Gasteiger partial charge in [-0.1, -0.05) is 18.7 Å². The lowest BCUT2D eigenvalue weighted by atomic mass is 10.2. The van der Waals surface area contributed by atoms with Gasteiger partial charge in [0.25, 0.3) is 0 Å². The maximum atomic E-state index is 12.1. The van der Waals surface area contributed by atoms with Gasteiger partial charge in [0, 0.05) is 17.7 Å². The third-order valence-corrected chi connectivity index (χ3v) is 7.45. The molecule has 0 unspecified atom stereocenters. The summed E-state index contributed by atoms with van der Waals surface area (Å²) in [6.45, 7) is 1.75. The number of hydrogen-bond donors (Lipinski definition) is 0. The van der Waals surface area contributed by atoms with Crippen LogP contribution in [0.3, 0.4) is 0 Å². The number of amides is 1. The number of rotatable bonds is 4. The van der Waals surface area contributed by atoms with Gasteiger partial charge in [-0.15, -0.1) is 0 Å². The van der Waals surface area contributed by atoms with E-state index in [1.165, 1.54) is 11.8 Å². The number of thioether (sulfide) groups is 1. The van der Waals surface area contributed by atoms with Crippen molar-refractivity contribution in [1.29, 1.82) is 0 Å². The van der Waals surface area contributed by atoms with Gasteiger partial charge in [-0.25, -0.2) is 8.42 Å². The molecule has 2 aliphatic heterocycles. The Balaban J connectivity index is 2.08. The van der Waals surface area contributed by atoms with Gasteiger partial charge in [-0.3, -0.25) is 4.79 Å². The van der Waals surface area contributed by atoms with Gasteiger partial charge in [0.2, 0.25) is 5.91 Å². The van der Waals surface area contributed by atoms with Crippen LogP contribution >= 0.6 is 11.8 Å². The molecule has 0 spiro atoms. The first kappa shape index (κ1) is 18.1. The molecule has 2 saturated heterocycles. The minimum absolute atomic E-state index is 0.0409. The fourth-order valence-corrected chi connectivity index (χ4v) is 6.94. The molecule has 0 radical (unpaired) electrons. The highest BCUT2D eigenvalue weighted by atomic mass is 32.2. The van der Waals surface area contributed by atoms with E-state index in [-0.39, 0.29) is 28.7 Å². The highest BCUT2D eigenvalue weighted by molar-refractivity contribution is 8.16. The van der Waals surface area contributed by atoms with Crippen LogP contribution in [0.25, 0.3) is 0 Å². The summed E-state index contributed by atoms with van der Waals surface area (Å²) in [4.78, 5) is 17.9. The van der Waals surface area contributed by atoms with E-state index in [4.69, 9.17) is 9.47 Å². The fourth-order valence-electron chi connectivity index (χ4n) is 3.02. The molecule has 0 aromatic heterocycles. The van der Waals surface area contributed by atoms with E-state index in [0.717, 1.165) is 0 Å². The molecule has 0 bridgehead atoms. The van der Waals surface area contributed by atoms with Crippen molar-refractivity contribution in [2.24, 2.45) is 4.99 Å². The van der Waals surface area contributed by atoms with Crippen LogP contribution in [-0.4, -0.2) is 56.5 Å². The van der Waals surface area contributed by atoms with E-state index >= 15 is 0 Å². The summed E-state index contributed by atoms with van der Waals surface area (Å²) in [7, 11) is -0.00213. The maximum absolute atomic E-state index is 12.1. The van der Waals surface area contributed by atoms with Gasteiger partial charge in [0.1, 0.15) is 11.5 Å². The van der Waals surface area contributed by atoms with Crippen molar-refractivity contribution < 1.29 is 22.7 Å². The van der Waals surface area contributed by atoms with Crippen molar-refractivity contribution in [3.63, 3.8) is 0 Å². The molecule has 1 aromatic carbocycles. The normalized spacial score (nSPS) is 25.9. The molecule has 25 heavy (non-hydrogen) atoms. The van der Waals surface area contributed by atoms with Crippen molar-refractivity contribution in [3.05, 3.63) is 18.2 Å². The summed E-state index contributed by atoms with van der Waals surface area (Å²) < 4.78 is 34.8. The average molecular weight is 384 g/mol. The molecular formula is C16H20N2O5S2. The summed E-state index contributed by atoms with van der Waals surface area (Å²) >= 11 is 1.35. The van der Waals surface area contributed by atoms with Crippen LogP contribution in [0.2, 0.25) is 0 Å². The molecule has 3 rings (SSSR count). The second-order valence-corrected chi connectivity index (χ2v) is 9.21. The standard InChI is InChI=1S/C16H20N2O5S2/c1-4-15(19)17-16-18(12-8-25(20,21)9-14(12)24-16)11-6-5-10(22-2)7-13(11)23-3/h5-7,12,14H,4,8-9H2,1-3H3/t12-,14+/m0/s1. The van der Waals surface area contributed by atoms with E-state index in [9.17, 15) is 13.2 Å². The quantitative estimate of drug-likeness (QED) is 0.781. The first-order chi connectivity index (χ1) is 11.9. The van der Waals surface area contributed by atoms with Crippen LogP contribution in [0.4, 0.5) is 5.69 Å². The highest BCUT2D eigenvalue weighted by Gasteiger charge is 2.50. The van der Waals surface area contributed by atoms with E-state index in [2.05, 4.69) is 4.99 Å². The Morgan fingerprint density at radius 2 is 2.08 bits per heavy atom. The molecule has 1 aromatic rings. The van der Waals surface area contributed by atoms with Crippen molar-refractivity contribution in [3.8, 4) is 11.5 Å². The number of nitrogens with zero attached hydrogens (tertiary/aromatic N) is 2. The number of amidine groups is 1. The predicted octanol–water partition coefficient (Wildman–Crippen LogP) is 1.72. The Labute approximate surface area is 151 Å². The SMILES string of the molecule is CCC(=O)N=C1S[C@@H]2CS(=O)(=O)C[C@@H]2N1c1ccc(OC)cc1OC. The zero-order valence-electron chi connectivity index (χ0n) is 14.3. The number of anilines is 1. The summed E-state index contributed by atoms with van der Waals surface area (Å²) in [5, 5.41) is 0.389. The lowest BCUT2D eigenvalue weighted by molar-refractivity contribution is -0.117. The molecule has 2 aliphatic rings. The number of carbonyl (C=O) groups excluding carboxylic acids is 1. The molecule has 0 saturated carbocycles. The van der Waals surface area contributed by atoms with E-state index in [1.807, 2.05) is 4.90 Å². The number of fused-ring (bicyclic) bond motifs is 1. The topological polar surface area (TPSA) is 85.3 Å². The summed E-state index contributed by atoms with van der Waals surface area (Å²) in [6.07, 6.45) is 0.297. The Morgan fingerprint density at radius 1 is 1.32 bits per heavy atom. The first-order valence-electron chi connectivity index (χ1n) is 7.88. The maximum Gasteiger partial charge on any atom is 0.247 e. The number of hydrogen-bond acceptors (Lipinski definition) is 6. The molecular weight excluding hydrogens is 364 g/mol. The molecule has 2 atom stereocenters. The number of sulfone groups is 1. The number of methoxy groups -OCH3 is 2. The van der Waals surface area contributed by atoms with Gasteiger partial charge >= 0.3 is 0 Å². The van der Waals surface area contributed by atoms with E-state index in [0.29, 0.717) is 28.8 Å². The number of aliphatic imine (C=N–C) groups is 1. The molecule has 2 fully saturated rings. The molecule has 0 aliphatic carbocycles. The van der Waals surface area contributed by atoms with Crippen LogP contribution in [0.5, 0.6) is 11.5 Å². The number of benzene rings is 1. The van der Waals surface area contributed by atoms with Gasteiger partial charge in [0.15, 0.2) is 15.0 Å². The second-order valence-electron chi connectivity index (χ2n) is 5.85. The van der Waals surface area contributed by atoms with Crippen molar-refractivity contribution >= 4 is 38.4 Å². The molecule has 2 heterocycles. The van der Waals surface area contributed by atoms with Gasteiger partial charge < -0.3 is 14.4 Å². The lowest BCUT2D eigenvalue weighted by Crippen LogP contribution is -2.38. The zero-order chi connectivity index (χ0) is 18.2. The molecule has 136 valence electrons. The van der Waals surface area contributed by atoms with Gasteiger partial charge in [-0.2, -0.15) is 4.99 Å². The third-order valence-electron chi connectivity index (χ3n) is 4.24. The van der Waals surface area contributed by atoms with E-state index < -0.39 is 9.84 Å². The summed E-state index contributed by atoms with van der Waals surface area (Å²) in [5.74, 6) is 1.08. The zero-order valence-corrected chi connectivity index (χ0v) is 15.9. The molecule has 1 amide bonds. The van der Waals surface area contributed by atoms with E-state index in [1.54, 1.807) is 39.3 Å². The third kappa shape index (κ3) is 3.48. The van der Waals surface area contributed by atoms with Crippen LogP contribution in [0.1, 0.15) is 13.3 Å². The van der Waals surface area contributed by atoms with Crippen molar-refractivity contribution in [2.45, 2.75) is 24.6 Å². The molecule has 9 heteroatoms. The average Bonchev–Trinajstić information content (AvgIpc) is 3.04. The van der Waals surface area contributed by atoms with Crippen molar-refractivity contribution in [1.82, 2.24) is 0 Å². The van der Waals surface area contributed by atoms with Crippen LogP contribution in [0, 0.1) is 0 Å². The largest absolute Gasteiger partial charge is 0.497 e. The molecule has 0 N–H and O–H groups in total. The van der Waals surface area contributed by atoms with Crippen LogP contribution in [-0.2, 0) is 14.6 Å².